The Labute approximate surface area is 98.7 Å². The third-order valence-electron chi connectivity index (χ3n) is 3.25. The van der Waals surface area contributed by atoms with Gasteiger partial charge in [-0.1, -0.05) is 0 Å². The molecule has 0 saturated carbocycles. The largest absolute Gasteiger partial charge is 0.381 e. The van der Waals surface area contributed by atoms with Crippen LogP contribution in [0.15, 0.2) is 0 Å². The van der Waals surface area contributed by atoms with Gasteiger partial charge < -0.3 is 10.1 Å². The first-order chi connectivity index (χ1) is 7.36. The van der Waals surface area contributed by atoms with Crippen LogP contribution in [0.5, 0.6) is 0 Å². The smallest absolute Gasteiger partial charge is 0.153 e. The van der Waals surface area contributed by atoms with Crippen LogP contribution in [0.1, 0.15) is 33.6 Å². The Morgan fingerprint density at radius 1 is 1.31 bits per heavy atom. The second kappa shape index (κ2) is 5.47. The Balaban J connectivity index is 2.35. The van der Waals surface area contributed by atoms with Crippen LogP contribution in [0.3, 0.4) is 0 Å². The molecular formula is C11H23NO3S. The lowest BCUT2D eigenvalue weighted by atomic mass is 9.93. The Hall–Kier alpha value is -0.130. The second-order valence-electron chi connectivity index (χ2n) is 5.02. The number of nitrogens with one attached hydrogen (secondary N) is 1. The molecule has 1 saturated heterocycles. The van der Waals surface area contributed by atoms with Crippen molar-refractivity contribution < 1.29 is 13.2 Å². The van der Waals surface area contributed by atoms with Crippen molar-refractivity contribution in [3.8, 4) is 0 Å². The van der Waals surface area contributed by atoms with E-state index >= 15 is 0 Å². The van der Waals surface area contributed by atoms with Gasteiger partial charge in [0, 0.05) is 25.3 Å². The first-order valence-corrected chi connectivity index (χ1v) is 7.62. The molecule has 0 aromatic carbocycles. The summed E-state index contributed by atoms with van der Waals surface area (Å²) in [5, 5.41) is 3.07. The third-order valence-corrected chi connectivity index (χ3v) is 5.46. The van der Waals surface area contributed by atoms with E-state index in [4.69, 9.17) is 4.74 Å². The number of sulfone groups is 1. The molecule has 0 unspecified atom stereocenters. The normalized spacial score (nSPS) is 21.2. The molecular weight excluding hydrogens is 226 g/mol. The lowest BCUT2D eigenvalue weighted by Gasteiger charge is -2.34. The molecule has 1 heterocycles. The van der Waals surface area contributed by atoms with Crippen molar-refractivity contribution in [3.05, 3.63) is 0 Å². The van der Waals surface area contributed by atoms with E-state index in [9.17, 15) is 8.42 Å². The first kappa shape index (κ1) is 13.9. The molecule has 0 radical (unpaired) electrons. The van der Waals surface area contributed by atoms with E-state index in [1.807, 2.05) is 0 Å². The van der Waals surface area contributed by atoms with Crippen molar-refractivity contribution in [1.82, 2.24) is 5.32 Å². The summed E-state index contributed by atoms with van der Waals surface area (Å²) in [5.74, 6) is 0.223. The Kier molecular flexibility index (Phi) is 4.76. The molecule has 0 aliphatic carbocycles. The van der Waals surface area contributed by atoms with E-state index in [0.29, 0.717) is 6.54 Å². The van der Waals surface area contributed by atoms with Crippen LogP contribution in [0.4, 0.5) is 0 Å². The van der Waals surface area contributed by atoms with Gasteiger partial charge in [0.2, 0.25) is 0 Å². The average molecular weight is 249 g/mol. The van der Waals surface area contributed by atoms with Crippen LogP contribution in [0, 0.1) is 0 Å². The van der Waals surface area contributed by atoms with E-state index in [2.05, 4.69) is 12.2 Å². The molecule has 0 atom stereocenters. The van der Waals surface area contributed by atoms with Gasteiger partial charge >= 0.3 is 0 Å². The summed E-state index contributed by atoms with van der Waals surface area (Å²) in [4.78, 5) is 0. The number of rotatable bonds is 5. The summed E-state index contributed by atoms with van der Waals surface area (Å²) in [5.41, 5.74) is 0.0464. The van der Waals surface area contributed by atoms with E-state index in [1.54, 1.807) is 13.8 Å². The lowest BCUT2D eigenvalue weighted by Crippen LogP contribution is -2.48. The quantitative estimate of drug-likeness (QED) is 0.789. The van der Waals surface area contributed by atoms with Gasteiger partial charge in [-0.05, 0) is 33.6 Å². The molecule has 0 bridgehead atoms. The molecule has 0 amide bonds. The maximum atomic E-state index is 11.6. The summed E-state index contributed by atoms with van der Waals surface area (Å²) < 4.78 is 28.5. The minimum atomic E-state index is -2.92. The van der Waals surface area contributed by atoms with Gasteiger partial charge in [-0.25, -0.2) is 8.42 Å². The molecule has 16 heavy (non-hydrogen) atoms. The Morgan fingerprint density at radius 3 is 2.38 bits per heavy atom. The van der Waals surface area contributed by atoms with Gasteiger partial charge in [0.25, 0.3) is 0 Å². The van der Waals surface area contributed by atoms with Gasteiger partial charge in [-0.2, -0.15) is 0 Å². The molecule has 1 rings (SSSR count). The summed E-state index contributed by atoms with van der Waals surface area (Å²) >= 11 is 0. The van der Waals surface area contributed by atoms with Gasteiger partial charge in [0.05, 0.1) is 11.0 Å². The van der Waals surface area contributed by atoms with Crippen molar-refractivity contribution in [3.63, 3.8) is 0 Å². The number of hydrogen-bond donors (Lipinski definition) is 1. The summed E-state index contributed by atoms with van der Waals surface area (Å²) in [6.45, 7) is 7.66. The topological polar surface area (TPSA) is 55.4 Å². The van der Waals surface area contributed by atoms with Crippen LogP contribution in [0.25, 0.3) is 0 Å². The molecule has 0 aromatic heterocycles. The van der Waals surface area contributed by atoms with E-state index in [-0.39, 0.29) is 16.5 Å². The highest BCUT2D eigenvalue weighted by Crippen LogP contribution is 2.19. The predicted molar refractivity (Wildman–Crippen MR) is 65.4 cm³/mol. The first-order valence-electron chi connectivity index (χ1n) is 5.90. The Morgan fingerprint density at radius 2 is 1.88 bits per heavy atom. The van der Waals surface area contributed by atoms with E-state index < -0.39 is 9.84 Å². The molecule has 1 fully saturated rings. The van der Waals surface area contributed by atoms with Crippen LogP contribution >= 0.6 is 0 Å². The fraction of sp³-hybridized carbons (Fsp3) is 1.00. The van der Waals surface area contributed by atoms with Crippen LogP contribution < -0.4 is 5.32 Å². The van der Waals surface area contributed by atoms with E-state index in [1.165, 1.54) is 0 Å². The van der Waals surface area contributed by atoms with Crippen molar-refractivity contribution in [1.29, 1.82) is 0 Å². The highest BCUT2D eigenvalue weighted by atomic mass is 32.2. The zero-order valence-corrected chi connectivity index (χ0v) is 11.3. The fourth-order valence-corrected chi connectivity index (χ4v) is 2.59. The zero-order chi connectivity index (χ0) is 12.2. The van der Waals surface area contributed by atoms with Crippen LogP contribution in [-0.4, -0.2) is 44.7 Å². The van der Waals surface area contributed by atoms with Crippen LogP contribution in [-0.2, 0) is 14.6 Å². The molecule has 1 aliphatic heterocycles. The lowest BCUT2D eigenvalue weighted by molar-refractivity contribution is 0.0461. The highest BCUT2D eigenvalue weighted by molar-refractivity contribution is 7.92. The van der Waals surface area contributed by atoms with Crippen molar-refractivity contribution in [2.45, 2.75) is 44.4 Å². The van der Waals surface area contributed by atoms with Gasteiger partial charge in [0.1, 0.15) is 0 Å². The SMILES string of the molecule is CC(C)S(=O)(=O)CCNC1(C)CCOCC1. The maximum absolute atomic E-state index is 11.6. The molecule has 5 heteroatoms. The monoisotopic (exact) mass is 249 g/mol. The molecule has 0 aromatic rings. The van der Waals surface area contributed by atoms with Crippen molar-refractivity contribution >= 4 is 9.84 Å². The molecule has 96 valence electrons. The number of hydrogen-bond acceptors (Lipinski definition) is 4. The average Bonchev–Trinajstić information content (AvgIpc) is 2.17. The maximum Gasteiger partial charge on any atom is 0.153 e. The summed E-state index contributed by atoms with van der Waals surface area (Å²) in [6.07, 6.45) is 1.91. The summed E-state index contributed by atoms with van der Waals surface area (Å²) in [6, 6.07) is 0. The molecule has 1 aliphatic rings. The summed E-state index contributed by atoms with van der Waals surface area (Å²) in [7, 11) is -2.92. The predicted octanol–water partition coefficient (Wildman–Crippen LogP) is 0.968. The second-order valence-corrected chi connectivity index (χ2v) is 7.69. The van der Waals surface area contributed by atoms with Gasteiger partial charge in [-0.15, -0.1) is 0 Å². The zero-order valence-electron chi connectivity index (χ0n) is 10.5. The fourth-order valence-electron chi connectivity index (χ4n) is 1.73. The molecule has 4 nitrogen and oxygen atoms in total. The third kappa shape index (κ3) is 4.03. The number of ether oxygens (including phenoxy) is 1. The minimum absolute atomic E-state index is 0.0464. The van der Waals surface area contributed by atoms with Crippen LogP contribution in [0.2, 0.25) is 0 Å². The van der Waals surface area contributed by atoms with E-state index in [0.717, 1.165) is 26.1 Å². The minimum Gasteiger partial charge on any atom is -0.381 e. The van der Waals surface area contributed by atoms with Gasteiger partial charge in [-0.3, -0.25) is 0 Å². The standard InChI is InChI=1S/C11H23NO3S/c1-10(2)16(13,14)9-6-12-11(3)4-7-15-8-5-11/h10,12H,4-9H2,1-3H3. The van der Waals surface area contributed by atoms with Crippen molar-refractivity contribution in [2.24, 2.45) is 0 Å². The van der Waals surface area contributed by atoms with Gasteiger partial charge in [0.15, 0.2) is 9.84 Å². The molecule has 1 N–H and O–H groups in total. The highest BCUT2D eigenvalue weighted by Gasteiger charge is 2.27. The Bertz CT molecular complexity index is 305. The molecule has 0 spiro atoms. The van der Waals surface area contributed by atoms with Crippen molar-refractivity contribution in [2.75, 3.05) is 25.5 Å².